The zero-order valence-corrected chi connectivity index (χ0v) is 13.4. The van der Waals surface area contributed by atoms with E-state index in [0.717, 1.165) is 35.4 Å². The number of nitrogens with one attached hydrogen (secondary N) is 2. The van der Waals surface area contributed by atoms with Gasteiger partial charge in [0.15, 0.2) is 0 Å². The molecule has 1 aromatic heterocycles. The molecule has 1 amide bonds. The van der Waals surface area contributed by atoms with Crippen molar-refractivity contribution in [1.29, 1.82) is 0 Å². The summed E-state index contributed by atoms with van der Waals surface area (Å²) in [5, 5.41) is 9.77. The second-order valence-corrected chi connectivity index (χ2v) is 5.78. The van der Waals surface area contributed by atoms with E-state index in [1.807, 2.05) is 33.0 Å². The third-order valence-electron chi connectivity index (χ3n) is 4.08. The molecule has 0 aliphatic heterocycles. The lowest BCUT2D eigenvalue weighted by Crippen LogP contribution is -2.21. The van der Waals surface area contributed by atoms with Crippen LogP contribution in [0.2, 0.25) is 0 Å². The van der Waals surface area contributed by atoms with Crippen LogP contribution in [0.1, 0.15) is 34.8 Å². The van der Waals surface area contributed by atoms with Crippen LogP contribution >= 0.6 is 0 Å². The standard InChI is InChI=1S/C17H19BN4O/c1-11-6-5-9-13(15(11)18)19-17(23)16-20-14(21-22-16)10-12-7-3-2-4-8-12/h2-3,5-7,9H,4,8,10,18H2,1H3,(H,19,23)(H,20,21,22). The van der Waals surface area contributed by atoms with E-state index >= 15 is 0 Å². The zero-order valence-electron chi connectivity index (χ0n) is 13.4. The molecule has 1 aliphatic carbocycles. The smallest absolute Gasteiger partial charge is 0.295 e. The van der Waals surface area contributed by atoms with Crippen molar-refractivity contribution in [2.75, 3.05) is 5.32 Å². The predicted molar refractivity (Wildman–Crippen MR) is 93.9 cm³/mol. The Hall–Kier alpha value is -2.63. The number of amides is 1. The number of nitrogens with zero attached hydrogens (tertiary/aromatic N) is 2. The van der Waals surface area contributed by atoms with Crippen molar-refractivity contribution < 1.29 is 4.79 Å². The molecule has 2 N–H and O–H groups in total. The van der Waals surface area contributed by atoms with E-state index in [1.54, 1.807) is 0 Å². The molecule has 0 unspecified atom stereocenters. The number of carbonyl (C=O) groups is 1. The highest BCUT2D eigenvalue weighted by Gasteiger charge is 2.14. The van der Waals surface area contributed by atoms with Gasteiger partial charge in [-0.05, 0) is 25.8 Å². The number of aromatic amines is 1. The molecule has 1 aliphatic rings. The van der Waals surface area contributed by atoms with Crippen molar-refractivity contribution in [3.8, 4) is 0 Å². The van der Waals surface area contributed by atoms with Crippen molar-refractivity contribution in [3.05, 3.63) is 59.2 Å². The number of carbonyl (C=O) groups excluding carboxylic acids is 1. The van der Waals surface area contributed by atoms with E-state index in [0.29, 0.717) is 6.42 Å². The number of aryl methyl sites for hydroxylation is 1. The summed E-state index contributed by atoms with van der Waals surface area (Å²) >= 11 is 0. The van der Waals surface area contributed by atoms with Crippen LogP contribution in [0.5, 0.6) is 0 Å². The molecule has 0 bridgehead atoms. The summed E-state index contributed by atoms with van der Waals surface area (Å²) in [5.74, 6) is 0.601. The van der Waals surface area contributed by atoms with Gasteiger partial charge in [-0.2, -0.15) is 0 Å². The summed E-state index contributed by atoms with van der Waals surface area (Å²) < 4.78 is 0. The first-order valence-electron chi connectivity index (χ1n) is 7.77. The van der Waals surface area contributed by atoms with Gasteiger partial charge in [0.05, 0.1) is 0 Å². The van der Waals surface area contributed by atoms with Gasteiger partial charge in [-0.1, -0.05) is 47.0 Å². The summed E-state index contributed by atoms with van der Waals surface area (Å²) in [4.78, 5) is 16.6. The van der Waals surface area contributed by atoms with Crippen LogP contribution in [-0.2, 0) is 6.42 Å². The summed E-state index contributed by atoms with van der Waals surface area (Å²) in [6, 6.07) is 5.82. The second kappa shape index (κ2) is 6.65. The fourth-order valence-electron chi connectivity index (χ4n) is 2.56. The number of benzene rings is 1. The Balaban J connectivity index is 1.70. The minimum atomic E-state index is -0.293. The highest BCUT2D eigenvalue weighted by atomic mass is 16.2. The predicted octanol–water partition coefficient (Wildman–Crippen LogP) is 1.44. The normalized spacial score (nSPS) is 13.7. The maximum atomic E-state index is 12.3. The number of hydrogen-bond acceptors (Lipinski definition) is 3. The molecular formula is C17H19BN4O. The van der Waals surface area contributed by atoms with Gasteiger partial charge in [-0.3, -0.25) is 9.89 Å². The zero-order chi connectivity index (χ0) is 16.2. The Bertz CT molecular complexity index is 792. The molecule has 0 saturated carbocycles. The third-order valence-corrected chi connectivity index (χ3v) is 4.08. The molecule has 23 heavy (non-hydrogen) atoms. The lowest BCUT2D eigenvalue weighted by molar-refractivity contribution is 0.101. The number of allylic oxidation sites excluding steroid dienone is 4. The van der Waals surface area contributed by atoms with E-state index in [4.69, 9.17) is 0 Å². The monoisotopic (exact) mass is 306 g/mol. The SMILES string of the molecule is Bc1c(C)cccc1NC(=O)c1n[nH]c(CC2=CC=CCC2)n1. The fourth-order valence-corrected chi connectivity index (χ4v) is 2.56. The molecular weight excluding hydrogens is 287 g/mol. The highest BCUT2D eigenvalue weighted by molar-refractivity contribution is 6.37. The van der Waals surface area contributed by atoms with E-state index < -0.39 is 0 Å². The first-order chi connectivity index (χ1) is 11.1. The lowest BCUT2D eigenvalue weighted by Gasteiger charge is -2.08. The molecule has 5 nitrogen and oxygen atoms in total. The average molecular weight is 306 g/mol. The van der Waals surface area contributed by atoms with Gasteiger partial charge in [0, 0.05) is 12.1 Å². The second-order valence-electron chi connectivity index (χ2n) is 5.78. The topological polar surface area (TPSA) is 70.7 Å². The van der Waals surface area contributed by atoms with Gasteiger partial charge in [-0.15, -0.1) is 5.10 Å². The molecule has 0 fully saturated rings. The Morgan fingerprint density at radius 1 is 1.43 bits per heavy atom. The van der Waals surface area contributed by atoms with Gasteiger partial charge in [-0.25, -0.2) is 4.98 Å². The molecule has 1 heterocycles. The molecule has 1 aromatic carbocycles. The Morgan fingerprint density at radius 3 is 3.09 bits per heavy atom. The number of aromatic nitrogens is 3. The average Bonchev–Trinajstić information content (AvgIpc) is 3.01. The molecule has 3 rings (SSSR count). The van der Waals surface area contributed by atoms with E-state index in [-0.39, 0.29) is 11.7 Å². The molecule has 0 saturated heterocycles. The van der Waals surface area contributed by atoms with Crippen molar-refractivity contribution in [3.63, 3.8) is 0 Å². The molecule has 116 valence electrons. The van der Waals surface area contributed by atoms with Crippen LogP contribution in [0.3, 0.4) is 0 Å². The first-order valence-corrected chi connectivity index (χ1v) is 7.77. The van der Waals surface area contributed by atoms with Crippen molar-refractivity contribution in [2.24, 2.45) is 0 Å². The third kappa shape index (κ3) is 3.59. The van der Waals surface area contributed by atoms with Gasteiger partial charge < -0.3 is 5.32 Å². The largest absolute Gasteiger partial charge is 0.320 e. The van der Waals surface area contributed by atoms with Crippen LogP contribution < -0.4 is 10.8 Å². The number of hydrogen-bond donors (Lipinski definition) is 2. The van der Waals surface area contributed by atoms with Crippen LogP contribution in [0, 0.1) is 6.92 Å². The van der Waals surface area contributed by atoms with Crippen molar-refractivity contribution in [1.82, 2.24) is 15.2 Å². The first kappa shape index (κ1) is 15.3. The lowest BCUT2D eigenvalue weighted by atomic mass is 9.89. The van der Waals surface area contributed by atoms with E-state index in [2.05, 4.69) is 38.7 Å². The van der Waals surface area contributed by atoms with Crippen molar-refractivity contribution in [2.45, 2.75) is 26.2 Å². The van der Waals surface area contributed by atoms with E-state index in [1.165, 1.54) is 5.57 Å². The van der Waals surface area contributed by atoms with Gasteiger partial charge in [0.2, 0.25) is 5.82 Å². The van der Waals surface area contributed by atoms with Gasteiger partial charge in [0.1, 0.15) is 13.7 Å². The molecule has 6 heteroatoms. The number of anilines is 1. The number of rotatable bonds is 4. The molecule has 0 radical (unpaired) electrons. The Morgan fingerprint density at radius 2 is 2.30 bits per heavy atom. The summed E-state index contributed by atoms with van der Waals surface area (Å²) in [6.45, 7) is 2.02. The van der Waals surface area contributed by atoms with E-state index in [9.17, 15) is 4.79 Å². The number of H-pyrrole nitrogens is 1. The molecule has 2 aromatic rings. The maximum Gasteiger partial charge on any atom is 0.295 e. The van der Waals surface area contributed by atoms with Crippen LogP contribution in [0.4, 0.5) is 5.69 Å². The summed E-state index contributed by atoms with van der Waals surface area (Å²) in [5.41, 5.74) is 4.28. The molecule has 0 spiro atoms. The van der Waals surface area contributed by atoms with Crippen molar-refractivity contribution >= 4 is 24.9 Å². The summed E-state index contributed by atoms with van der Waals surface area (Å²) in [6.07, 6.45) is 9.09. The molecule has 0 atom stereocenters. The quantitative estimate of drug-likeness (QED) is 0.840. The summed E-state index contributed by atoms with van der Waals surface area (Å²) in [7, 11) is 1.98. The minimum Gasteiger partial charge on any atom is -0.320 e. The minimum absolute atomic E-state index is 0.174. The van der Waals surface area contributed by atoms with Crippen LogP contribution in [0.25, 0.3) is 0 Å². The van der Waals surface area contributed by atoms with Crippen LogP contribution in [-0.4, -0.2) is 28.9 Å². The highest BCUT2D eigenvalue weighted by Crippen LogP contribution is 2.15. The van der Waals surface area contributed by atoms with Gasteiger partial charge >= 0.3 is 0 Å². The van der Waals surface area contributed by atoms with Crippen LogP contribution in [0.15, 0.2) is 42.0 Å². The maximum absolute atomic E-state index is 12.3. The fraction of sp³-hybridized carbons (Fsp3) is 0.235. The Labute approximate surface area is 136 Å². The Kier molecular flexibility index (Phi) is 4.41. The van der Waals surface area contributed by atoms with Gasteiger partial charge in [0.25, 0.3) is 5.91 Å².